The molecule has 0 spiro atoms. The van der Waals surface area contributed by atoms with E-state index in [1.165, 1.54) is 0 Å². The number of aromatic nitrogens is 3. The Kier molecular flexibility index (Phi) is 5.45. The van der Waals surface area contributed by atoms with Crippen molar-refractivity contribution in [3.63, 3.8) is 0 Å². The van der Waals surface area contributed by atoms with Crippen LogP contribution < -0.4 is 10.5 Å². The van der Waals surface area contributed by atoms with Gasteiger partial charge in [0.15, 0.2) is 0 Å². The van der Waals surface area contributed by atoms with Crippen LogP contribution in [0.25, 0.3) is 22.2 Å². The Labute approximate surface area is 211 Å². The highest BCUT2D eigenvalue weighted by Gasteiger charge is 2.46. The molecule has 3 aromatic rings. The Morgan fingerprint density at radius 2 is 2.03 bits per heavy atom. The summed E-state index contributed by atoms with van der Waals surface area (Å²) in [5.74, 6) is 2.02. The third kappa shape index (κ3) is 3.96. The number of nitrogens with zero attached hydrogens (tertiary/aromatic N) is 4. The van der Waals surface area contributed by atoms with Crippen molar-refractivity contribution in [2.75, 3.05) is 32.0 Å². The molecular weight excluding hydrogens is 454 g/mol. The van der Waals surface area contributed by atoms with Crippen molar-refractivity contribution in [3.05, 3.63) is 36.8 Å². The maximum Gasteiger partial charge on any atom is 0.146 e. The Balaban J connectivity index is 1.12. The third-order valence-electron chi connectivity index (χ3n) is 8.91. The van der Waals surface area contributed by atoms with Crippen molar-refractivity contribution in [3.8, 4) is 16.9 Å². The highest BCUT2D eigenvalue weighted by molar-refractivity contribution is 6.00. The van der Waals surface area contributed by atoms with Gasteiger partial charge in [0.1, 0.15) is 35.7 Å². The highest BCUT2D eigenvalue weighted by Crippen LogP contribution is 2.45. The van der Waals surface area contributed by atoms with Crippen molar-refractivity contribution in [1.29, 1.82) is 0 Å². The van der Waals surface area contributed by atoms with Crippen LogP contribution in [0.2, 0.25) is 0 Å². The van der Waals surface area contributed by atoms with E-state index in [0.717, 1.165) is 92.5 Å². The first-order valence-electron chi connectivity index (χ1n) is 13.5. The minimum Gasteiger partial charge on any atom is -0.491 e. The molecule has 8 nitrogen and oxygen atoms in total. The van der Waals surface area contributed by atoms with Crippen LogP contribution in [0.1, 0.15) is 51.0 Å². The monoisotopic (exact) mass is 489 g/mol. The second-order valence-electron chi connectivity index (χ2n) is 11.4. The van der Waals surface area contributed by atoms with Gasteiger partial charge in [0.2, 0.25) is 0 Å². The lowest BCUT2D eigenvalue weighted by atomic mass is 9.79. The average molecular weight is 490 g/mol. The van der Waals surface area contributed by atoms with E-state index in [-0.39, 0.29) is 11.7 Å². The van der Waals surface area contributed by atoms with Crippen molar-refractivity contribution in [2.24, 2.45) is 5.92 Å². The van der Waals surface area contributed by atoms with Gasteiger partial charge in [0.25, 0.3) is 0 Å². The number of fused-ring (bicyclic) bond motifs is 3. The molecule has 1 saturated carbocycles. The molecular formula is C28H35N5O3. The summed E-state index contributed by atoms with van der Waals surface area (Å²) in [5, 5.41) is 10.8. The van der Waals surface area contributed by atoms with Gasteiger partial charge < -0.3 is 29.8 Å². The number of aliphatic hydroxyl groups excluding tert-OH is 1. The number of β-amino-alcohol motifs (C(OH)–C–C–N with tert-alkyl or cyclic N) is 1. The van der Waals surface area contributed by atoms with Gasteiger partial charge in [-0.2, -0.15) is 0 Å². The zero-order valence-electron chi connectivity index (χ0n) is 20.7. The summed E-state index contributed by atoms with van der Waals surface area (Å²) in [7, 11) is 0. The fraction of sp³-hybridized carbons (Fsp3) is 0.571. The van der Waals surface area contributed by atoms with Gasteiger partial charge in [0, 0.05) is 37.4 Å². The van der Waals surface area contributed by atoms with Gasteiger partial charge in [-0.1, -0.05) is 12.1 Å². The zero-order chi connectivity index (χ0) is 24.3. The van der Waals surface area contributed by atoms with E-state index in [4.69, 9.17) is 15.2 Å². The standard InChI is InChI=1S/C28H35N5O3/c29-26-25-24(19-2-1-3-23(12-19)35-16-28-7-4-22(36-28)5-8-28)15-33(27(25)31-17-30-26)20-10-18(11-20)13-32-9-6-21(34)14-32/h1-3,12,15,17-18,20-22,34H,4-11,13-14,16H2,(H2,29,30,31)/t18?,20?,21-,22?,28?/m1/s1. The van der Waals surface area contributed by atoms with Crippen LogP contribution in [0.3, 0.4) is 0 Å². The fourth-order valence-corrected chi connectivity index (χ4v) is 6.88. The molecule has 1 aliphatic carbocycles. The van der Waals surface area contributed by atoms with Crippen molar-refractivity contribution < 1.29 is 14.6 Å². The lowest BCUT2D eigenvalue weighted by Gasteiger charge is -2.38. The molecule has 0 radical (unpaired) electrons. The number of anilines is 1. The second kappa shape index (κ2) is 8.71. The molecule has 1 aromatic carbocycles. The molecule has 3 saturated heterocycles. The molecule has 7 rings (SSSR count). The zero-order valence-corrected chi connectivity index (χ0v) is 20.7. The van der Waals surface area contributed by atoms with Crippen LogP contribution in [0, 0.1) is 5.92 Å². The van der Waals surface area contributed by atoms with Crippen LogP contribution in [0.15, 0.2) is 36.8 Å². The SMILES string of the molecule is Nc1ncnc2c1c(-c1cccc(OCC34CCC(CC3)O4)c1)cn2C1CC(CN2CC[C@@H](O)C2)C1. The number of aliphatic hydroxyl groups is 1. The molecule has 3 aliphatic heterocycles. The molecule has 2 aromatic heterocycles. The van der Waals surface area contributed by atoms with Crippen molar-refractivity contribution in [1.82, 2.24) is 19.4 Å². The molecule has 3 N–H and O–H groups in total. The van der Waals surface area contributed by atoms with Crippen LogP contribution in [0.5, 0.6) is 5.75 Å². The van der Waals surface area contributed by atoms with Crippen LogP contribution in [-0.2, 0) is 4.74 Å². The number of nitrogens with two attached hydrogens (primary N) is 1. The number of likely N-dealkylation sites (tertiary alicyclic amines) is 1. The van der Waals surface area contributed by atoms with E-state index in [2.05, 4.69) is 37.8 Å². The molecule has 36 heavy (non-hydrogen) atoms. The van der Waals surface area contributed by atoms with Gasteiger partial charge in [-0.15, -0.1) is 0 Å². The number of ether oxygens (including phenoxy) is 2. The van der Waals surface area contributed by atoms with Gasteiger partial charge in [-0.25, -0.2) is 9.97 Å². The number of hydrogen-bond donors (Lipinski definition) is 2. The molecule has 4 fully saturated rings. The first-order chi connectivity index (χ1) is 17.6. The summed E-state index contributed by atoms with van der Waals surface area (Å²) in [6.07, 6.45) is 11.7. The van der Waals surface area contributed by atoms with Crippen LogP contribution in [0.4, 0.5) is 5.82 Å². The highest BCUT2D eigenvalue weighted by atomic mass is 16.6. The van der Waals surface area contributed by atoms with E-state index in [0.29, 0.717) is 30.5 Å². The Morgan fingerprint density at radius 3 is 2.78 bits per heavy atom. The van der Waals surface area contributed by atoms with Gasteiger partial charge in [-0.3, -0.25) is 0 Å². The minimum atomic E-state index is -0.156. The second-order valence-corrected chi connectivity index (χ2v) is 11.4. The van der Waals surface area contributed by atoms with E-state index < -0.39 is 0 Å². The smallest absolute Gasteiger partial charge is 0.146 e. The maximum absolute atomic E-state index is 9.84. The third-order valence-corrected chi connectivity index (χ3v) is 8.91. The number of hydrogen-bond acceptors (Lipinski definition) is 7. The molecule has 0 unspecified atom stereocenters. The molecule has 8 heteroatoms. The lowest BCUT2D eigenvalue weighted by Crippen LogP contribution is -2.36. The first kappa shape index (κ1) is 22.5. The molecule has 5 heterocycles. The summed E-state index contributed by atoms with van der Waals surface area (Å²) in [5.41, 5.74) is 9.32. The Hall–Kier alpha value is -2.68. The Morgan fingerprint density at radius 1 is 1.17 bits per heavy atom. The van der Waals surface area contributed by atoms with Gasteiger partial charge in [-0.05, 0) is 68.6 Å². The van der Waals surface area contributed by atoms with E-state index in [1.807, 2.05) is 12.1 Å². The van der Waals surface area contributed by atoms with E-state index in [9.17, 15) is 5.11 Å². The number of benzene rings is 1. The van der Waals surface area contributed by atoms with E-state index >= 15 is 0 Å². The van der Waals surface area contributed by atoms with Crippen molar-refractivity contribution >= 4 is 16.9 Å². The Bertz CT molecular complexity index is 1260. The van der Waals surface area contributed by atoms with Crippen LogP contribution >= 0.6 is 0 Å². The predicted molar refractivity (Wildman–Crippen MR) is 138 cm³/mol. The average Bonchev–Trinajstić information content (AvgIpc) is 3.64. The fourth-order valence-electron chi connectivity index (χ4n) is 6.88. The summed E-state index contributed by atoms with van der Waals surface area (Å²) >= 11 is 0. The summed E-state index contributed by atoms with van der Waals surface area (Å²) in [6.45, 7) is 3.50. The number of nitrogen functional groups attached to an aromatic ring is 1. The minimum absolute atomic E-state index is 0.0944. The molecule has 1 atom stereocenters. The molecule has 4 aliphatic rings. The number of rotatable bonds is 7. The quantitative estimate of drug-likeness (QED) is 0.521. The van der Waals surface area contributed by atoms with Crippen LogP contribution in [-0.4, -0.2) is 68.6 Å². The topological polar surface area (TPSA) is 98.7 Å². The summed E-state index contributed by atoms with van der Waals surface area (Å²) in [4.78, 5) is 11.4. The maximum atomic E-state index is 9.84. The molecule has 190 valence electrons. The summed E-state index contributed by atoms with van der Waals surface area (Å²) in [6, 6.07) is 8.68. The van der Waals surface area contributed by atoms with Gasteiger partial charge in [0.05, 0.1) is 17.6 Å². The summed E-state index contributed by atoms with van der Waals surface area (Å²) < 4.78 is 14.8. The van der Waals surface area contributed by atoms with Crippen molar-refractivity contribution in [2.45, 2.75) is 68.8 Å². The lowest BCUT2D eigenvalue weighted by molar-refractivity contribution is -0.0198. The first-order valence-corrected chi connectivity index (χ1v) is 13.5. The molecule has 0 amide bonds. The van der Waals surface area contributed by atoms with Gasteiger partial charge >= 0.3 is 0 Å². The molecule has 2 bridgehead atoms. The van der Waals surface area contributed by atoms with E-state index in [1.54, 1.807) is 6.33 Å². The largest absolute Gasteiger partial charge is 0.491 e. The predicted octanol–water partition coefficient (Wildman–Crippen LogP) is 3.79. The normalized spacial score (nSPS) is 31.8.